The maximum absolute atomic E-state index is 9.59. The number of thioether (sulfide) groups is 1. The smallest absolute Gasteiger partial charge is 0.142 e. The van der Waals surface area contributed by atoms with Gasteiger partial charge in [-0.2, -0.15) is 5.26 Å². The SMILES string of the molecule is N#CSCC=CC=O. The summed E-state index contributed by atoms with van der Waals surface area (Å²) < 4.78 is 0. The highest BCUT2D eigenvalue weighted by Gasteiger charge is 1.73. The van der Waals surface area contributed by atoms with E-state index in [1.54, 1.807) is 6.08 Å². The van der Waals surface area contributed by atoms with Gasteiger partial charge < -0.3 is 0 Å². The summed E-state index contributed by atoms with van der Waals surface area (Å²) in [7, 11) is 0. The van der Waals surface area contributed by atoms with Gasteiger partial charge in [0.15, 0.2) is 0 Å². The molecule has 0 atom stereocenters. The van der Waals surface area contributed by atoms with Crippen molar-refractivity contribution in [2.75, 3.05) is 5.75 Å². The molecular weight excluding hydrogens is 122 g/mol. The van der Waals surface area contributed by atoms with Gasteiger partial charge >= 0.3 is 0 Å². The molecule has 0 aliphatic rings. The maximum Gasteiger partial charge on any atom is 0.142 e. The Balaban J connectivity index is 3.06. The Bertz CT molecular complexity index is 125. The zero-order valence-electron chi connectivity index (χ0n) is 4.20. The van der Waals surface area contributed by atoms with Crippen LogP contribution in [0.15, 0.2) is 12.2 Å². The van der Waals surface area contributed by atoms with Crippen LogP contribution in [0.1, 0.15) is 0 Å². The minimum atomic E-state index is 0.592. The third kappa shape index (κ3) is 5.25. The molecule has 0 rings (SSSR count). The molecule has 0 bridgehead atoms. The number of nitrogens with zero attached hydrogens (tertiary/aromatic N) is 1. The molecule has 3 heteroatoms. The van der Waals surface area contributed by atoms with E-state index in [4.69, 9.17) is 5.26 Å². The summed E-state index contributed by atoms with van der Waals surface area (Å²) in [6.07, 6.45) is 3.71. The van der Waals surface area contributed by atoms with Crippen LogP contribution in [-0.4, -0.2) is 12.0 Å². The summed E-state index contributed by atoms with van der Waals surface area (Å²) in [5.74, 6) is 0.592. The third-order valence-electron chi connectivity index (χ3n) is 0.459. The number of rotatable bonds is 3. The van der Waals surface area contributed by atoms with Crippen molar-refractivity contribution in [1.29, 1.82) is 5.26 Å². The largest absolute Gasteiger partial charge is 0.299 e. The number of carbonyl (C=O) groups is 1. The molecule has 0 spiro atoms. The predicted octanol–water partition coefficient (Wildman–Crippen LogP) is 0.956. The molecule has 0 amide bonds. The number of hydrogen-bond donors (Lipinski definition) is 0. The predicted molar refractivity (Wildman–Crippen MR) is 33.3 cm³/mol. The second kappa shape index (κ2) is 6.25. The number of allylic oxidation sites excluding steroid dienone is 1. The van der Waals surface area contributed by atoms with E-state index in [-0.39, 0.29) is 0 Å². The van der Waals surface area contributed by atoms with Crippen molar-refractivity contribution < 1.29 is 4.79 Å². The molecule has 8 heavy (non-hydrogen) atoms. The molecule has 42 valence electrons. The van der Waals surface area contributed by atoms with Gasteiger partial charge in [-0.15, -0.1) is 0 Å². The molecule has 0 aliphatic carbocycles. The van der Waals surface area contributed by atoms with E-state index in [1.165, 1.54) is 6.08 Å². The second-order valence-corrected chi connectivity index (χ2v) is 1.77. The zero-order chi connectivity index (χ0) is 6.24. The van der Waals surface area contributed by atoms with Gasteiger partial charge in [-0.25, -0.2) is 0 Å². The molecule has 0 aromatic heterocycles. The fourth-order valence-corrected chi connectivity index (χ4v) is 0.478. The van der Waals surface area contributed by atoms with Gasteiger partial charge in [0.25, 0.3) is 0 Å². The highest BCUT2D eigenvalue weighted by molar-refractivity contribution is 8.03. The van der Waals surface area contributed by atoms with Gasteiger partial charge in [-0.05, 0) is 17.8 Å². The fraction of sp³-hybridized carbons (Fsp3) is 0.200. The van der Waals surface area contributed by atoms with E-state index in [0.29, 0.717) is 12.0 Å². The third-order valence-corrected chi connectivity index (χ3v) is 0.947. The van der Waals surface area contributed by atoms with Gasteiger partial charge in [0.05, 0.1) is 0 Å². The zero-order valence-corrected chi connectivity index (χ0v) is 5.02. The lowest BCUT2D eigenvalue weighted by molar-refractivity contribution is -0.104. The summed E-state index contributed by atoms with van der Waals surface area (Å²) >= 11 is 1.11. The number of carbonyl (C=O) groups excluding carboxylic acids is 1. The Morgan fingerprint density at radius 2 is 2.50 bits per heavy atom. The monoisotopic (exact) mass is 127 g/mol. The van der Waals surface area contributed by atoms with E-state index in [1.807, 2.05) is 5.40 Å². The number of nitriles is 1. The van der Waals surface area contributed by atoms with Crippen LogP contribution < -0.4 is 0 Å². The quantitative estimate of drug-likeness (QED) is 0.245. The van der Waals surface area contributed by atoms with Crippen LogP contribution in [0, 0.1) is 10.7 Å². The van der Waals surface area contributed by atoms with Crippen molar-refractivity contribution in [3.05, 3.63) is 12.2 Å². The van der Waals surface area contributed by atoms with Crippen molar-refractivity contribution >= 4 is 18.0 Å². The summed E-state index contributed by atoms with van der Waals surface area (Å²) in [6, 6.07) is 0. The Hall–Kier alpha value is -0.750. The minimum absolute atomic E-state index is 0.592. The maximum atomic E-state index is 9.59. The molecule has 0 heterocycles. The van der Waals surface area contributed by atoms with Gasteiger partial charge in [0.1, 0.15) is 11.7 Å². The normalized spacial score (nSPS) is 8.88. The lowest BCUT2D eigenvalue weighted by Crippen LogP contribution is -1.65. The number of aldehydes is 1. The van der Waals surface area contributed by atoms with Crippen LogP contribution in [0.4, 0.5) is 0 Å². The summed E-state index contributed by atoms with van der Waals surface area (Å²) in [6.45, 7) is 0. The molecule has 0 fully saturated rings. The molecule has 0 radical (unpaired) electrons. The van der Waals surface area contributed by atoms with Crippen molar-refractivity contribution in [2.45, 2.75) is 0 Å². The van der Waals surface area contributed by atoms with Crippen LogP contribution >= 0.6 is 11.8 Å². The Morgan fingerprint density at radius 3 is 3.00 bits per heavy atom. The lowest BCUT2D eigenvalue weighted by atomic mass is 10.6. The first-order chi connectivity index (χ1) is 3.91. The summed E-state index contributed by atoms with van der Waals surface area (Å²) in [4.78, 5) is 9.59. The lowest BCUT2D eigenvalue weighted by Gasteiger charge is -1.73. The second-order valence-electron chi connectivity index (χ2n) is 0.967. The van der Waals surface area contributed by atoms with E-state index in [2.05, 4.69) is 0 Å². The molecule has 0 saturated carbocycles. The van der Waals surface area contributed by atoms with Gasteiger partial charge in [-0.3, -0.25) is 4.79 Å². The summed E-state index contributed by atoms with van der Waals surface area (Å²) in [5.41, 5.74) is 0. The van der Waals surface area contributed by atoms with Crippen LogP contribution in [0.25, 0.3) is 0 Å². The van der Waals surface area contributed by atoms with Crippen LogP contribution in [0.5, 0.6) is 0 Å². The highest BCUT2D eigenvalue weighted by atomic mass is 32.2. The molecule has 0 saturated heterocycles. The van der Waals surface area contributed by atoms with Gasteiger partial charge in [0.2, 0.25) is 0 Å². The van der Waals surface area contributed by atoms with Gasteiger partial charge in [0, 0.05) is 5.75 Å². The van der Waals surface area contributed by atoms with E-state index >= 15 is 0 Å². The minimum Gasteiger partial charge on any atom is -0.299 e. The molecule has 2 nitrogen and oxygen atoms in total. The standard InChI is InChI=1S/C5H5NOS/c6-5-8-4-2-1-3-7/h1-3H,4H2. The Kier molecular flexibility index (Phi) is 5.66. The van der Waals surface area contributed by atoms with E-state index < -0.39 is 0 Å². The number of hydrogen-bond acceptors (Lipinski definition) is 3. The van der Waals surface area contributed by atoms with E-state index in [9.17, 15) is 4.79 Å². The van der Waals surface area contributed by atoms with E-state index in [0.717, 1.165) is 11.8 Å². The highest BCUT2D eigenvalue weighted by Crippen LogP contribution is 1.93. The topological polar surface area (TPSA) is 40.9 Å². The first kappa shape index (κ1) is 7.25. The Morgan fingerprint density at radius 1 is 1.75 bits per heavy atom. The van der Waals surface area contributed by atoms with Crippen molar-refractivity contribution in [3.8, 4) is 5.40 Å². The summed E-state index contributed by atoms with van der Waals surface area (Å²) in [5, 5.41) is 9.83. The molecule has 0 aliphatic heterocycles. The van der Waals surface area contributed by atoms with Gasteiger partial charge in [-0.1, -0.05) is 6.08 Å². The first-order valence-corrected chi connectivity index (χ1v) is 3.01. The average Bonchev–Trinajstić information content (AvgIpc) is 1.81. The van der Waals surface area contributed by atoms with Crippen LogP contribution in [0.3, 0.4) is 0 Å². The molecule has 0 aromatic rings. The average molecular weight is 127 g/mol. The van der Waals surface area contributed by atoms with Crippen molar-refractivity contribution in [3.63, 3.8) is 0 Å². The fourth-order valence-electron chi connectivity index (χ4n) is 0.196. The Labute approximate surface area is 52.2 Å². The van der Waals surface area contributed by atoms with Crippen molar-refractivity contribution in [1.82, 2.24) is 0 Å². The molecule has 0 N–H and O–H groups in total. The van der Waals surface area contributed by atoms with Crippen LogP contribution in [0.2, 0.25) is 0 Å². The number of thiocyanates is 1. The molecule has 0 aromatic carbocycles. The molecule has 0 unspecified atom stereocenters. The van der Waals surface area contributed by atoms with Crippen molar-refractivity contribution in [2.24, 2.45) is 0 Å². The molecular formula is C5H5NOS. The van der Waals surface area contributed by atoms with Crippen LogP contribution in [-0.2, 0) is 4.79 Å². The first-order valence-electron chi connectivity index (χ1n) is 2.03.